The summed E-state index contributed by atoms with van der Waals surface area (Å²) >= 11 is 7.16. The first-order chi connectivity index (χ1) is 41.4. The molecule has 9 rings (SSSR count). The third-order valence-corrected chi connectivity index (χ3v) is 18.9. The summed E-state index contributed by atoms with van der Waals surface area (Å²) in [6, 6.07) is 9.58. The number of anilines is 1. The zero-order valence-corrected chi connectivity index (χ0v) is 52.2. The van der Waals surface area contributed by atoms with Crippen LogP contribution in [0.4, 0.5) is 5.82 Å². The highest BCUT2D eigenvalue weighted by atomic mass is 32.1. The van der Waals surface area contributed by atoms with Crippen molar-refractivity contribution in [3.63, 3.8) is 0 Å². The first-order valence-corrected chi connectivity index (χ1v) is 31.8. The molecule has 8 aromatic rings. The first kappa shape index (κ1) is 62.4. The second-order valence-corrected chi connectivity index (χ2v) is 25.6. The quantitative estimate of drug-likeness (QED) is 0.0413. The zero-order valence-electron chi connectivity index (χ0n) is 47.3. The van der Waals surface area contributed by atoms with Gasteiger partial charge in [-0.25, -0.2) is 34.9 Å². The standard InChI is InChI=1S/C56H57N13O11S6/c1-26(2)42-56-69-45(36(86-56)22-78-6)49(76)58-21-40(73)66-46(47(80-28(4)70)29-13-9-8-10-14-29)55-63-34(24-82-55)52-59-20-35(85-52)44-30(17-18-31(60-44)53-65-37(25-83-53)64-38(71)15-11-12-16-41(74)79-7)51-62-33(23-81-51)48(75)61-32(19-39(72)57-5)54-68-43(27(3)84-54)50(77)67-42/h8-10,13-14,17-18,20,23-26,32,42,46-47H,11-12,15-16,19,21-22H2,1-7H3,(H,57,72)(H,58,76)(H,61,75)(H,64,71)(H,66,73)(H,67,77)/t32-,42-,46-,47-/m0/s1. The lowest BCUT2D eigenvalue weighted by Gasteiger charge is -2.26. The van der Waals surface area contributed by atoms with Crippen LogP contribution < -0.4 is 31.9 Å². The number of hydrogen-bond donors (Lipinski definition) is 6. The van der Waals surface area contributed by atoms with E-state index >= 15 is 0 Å². The summed E-state index contributed by atoms with van der Waals surface area (Å²) in [6.45, 7) is 6.16. The molecule has 10 bridgehead atoms. The molecule has 0 saturated carbocycles. The Morgan fingerprint density at radius 2 is 1.45 bits per heavy atom. The first-order valence-electron chi connectivity index (χ1n) is 26.7. The number of rotatable bonds is 15. The van der Waals surface area contributed by atoms with E-state index in [9.17, 15) is 38.4 Å². The van der Waals surface area contributed by atoms with E-state index in [0.717, 1.165) is 22.7 Å². The zero-order chi connectivity index (χ0) is 61.2. The number of benzene rings is 1. The number of carbonyl (C=O) groups excluding carboxylic acids is 8. The highest BCUT2D eigenvalue weighted by Crippen LogP contribution is 2.42. The minimum atomic E-state index is -1.08. The number of aryl methyl sites for hydroxylation is 1. The smallest absolute Gasteiger partial charge is 0.305 e. The number of esters is 2. The number of unbranched alkanes of at least 4 members (excludes halogenated alkanes) is 1. The molecule has 8 heterocycles. The number of nitrogens with one attached hydrogen (secondary N) is 6. The van der Waals surface area contributed by atoms with E-state index in [2.05, 4.69) is 36.9 Å². The van der Waals surface area contributed by atoms with Crippen LogP contribution in [0.2, 0.25) is 0 Å². The monoisotopic (exact) mass is 1280 g/mol. The second-order valence-electron chi connectivity index (χ2n) is 19.6. The topological polar surface area (TPSA) is 327 Å². The number of methoxy groups -OCH3 is 2. The maximum absolute atomic E-state index is 14.3. The van der Waals surface area contributed by atoms with E-state index in [0.29, 0.717) is 86.5 Å². The average molecular weight is 1280 g/mol. The lowest BCUT2D eigenvalue weighted by atomic mass is 10.0. The summed E-state index contributed by atoms with van der Waals surface area (Å²) in [4.78, 5) is 142. The maximum Gasteiger partial charge on any atom is 0.305 e. The van der Waals surface area contributed by atoms with Crippen molar-refractivity contribution in [2.75, 3.05) is 33.1 Å². The fourth-order valence-electron chi connectivity index (χ4n) is 8.80. The van der Waals surface area contributed by atoms with Crippen LogP contribution in [0.25, 0.3) is 42.5 Å². The van der Waals surface area contributed by atoms with Gasteiger partial charge < -0.3 is 46.1 Å². The number of nitrogens with zero attached hydrogens (tertiary/aromatic N) is 7. The van der Waals surface area contributed by atoms with Crippen molar-refractivity contribution in [2.45, 2.75) is 90.6 Å². The Labute approximate surface area is 516 Å². The fourth-order valence-corrected chi connectivity index (χ4v) is 14.4. The van der Waals surface area contributed by atoms with Crippen molar-refractivity contribution >= 4 is 121 Å². The molecule has 4 atom stereocenters. The van der Waals surface area contributed by atoms with E-state index in [1.807, 2.05) is 13.8 Å². The van der Waals surface area contributed by atoms with Gasteiger partial charge >= 0.3 is 11.9 Å². The highest BCUT2D eigenvalue weighted by molar-refractivity contribution is 7.19. The molecule has 1 aromatic carbocycles. The van der Waals surface area contributed by atoms with Crippen LogP contribution in [-0.4, -0.2) is 110 Å². The van der Waals surface area contributed by atoms with Crippen LogP contribution in [-0.2, 0) is 44.8 Å². The van der Waals surface area contributed by atoms with Gasteiger partial charge in [0, 0.05) is 66.7 Å². The number of pyridine rings is 1. The van der Waals surface area contributed by atoms with Gasteiger partial charge in [-0.2, -0.15) is 0 Å². The highest BCUT2D eigenvalue weighted by Gasteiger charge is 2.35. The summed E-state index contributed by atoms with van der Waals surface area (Å²) in [5.41, 5.74) is 2.40. The molecule has 0 aliphatic carbocycles. The molecule has 0 unspecified atom stereocenters. The van der Waals surface area contributed by atoms with Gasteiger partial charge in [-0.1, -0.05) is 44.2 Å². The largest absolute Gasteiger partial charge is 0.469 e. The molecule has 0 fully saturated rings. The molecule has 0 radical (unpaired) electrons. The summed E-state index contributed by atoms with van der Waals surface area (Å²) in [5.74, 6) is -4.13. The molecule has 0 saturated heterocycles. The Morgan fingerprint density at radius 3 is 2.20 bits per heavy atom. The van der Waals surface area contributed by atoms with E-state index in [4.69, 9.17) is 44.1 Å². The third-order valence-electron chi connectivity index (χ3n) is 13.0. The number of fused-ring (bicyclic) bond motifs is 14. The van der Waals surface area contributed by atoms with Crippen molar-refractivity contribution in [2.24, 2.45) is 5.92 Å². The minimum absolute atomic E-state index is 0.0135. The van der Waals surface area contributed by atoms with Gasteiger partial charge in [0.2, 0.25) is 17.7 Å². The van der Waals surface area contributed by atoms with Gasteiger partial charge in [0.1, 0.15) is 64.7 Å². The molecule has 1 aliphatic heterocycles. The number of ether oxygens (including phenoxy) is 3. The van der Waals surface area contributed by atoms with Crippen LogP contribution in [0.15, 0.2) is 64.8 Å². The van der Waals surface area contributed by atoms with Crippen LogP contribution in [0.3, 0.4) is 0 Å². The molecule has 6 amide bonds. The Balaban J connectivity index is 1.12. The predicted molar refractivity (Wildman–Crippen MR) is 326 cm³/mol. The summed E-state index contributed by atoms with van der Waals surface area (Å²) in [7, 11) is 4.25. The van der Waals surface area contributed by atoms with E-state index in [-0.39, 0.29) is 65.8 Å². The van der Waals surface area contributed by atoms with Gasteiger partial charge in [0.05, 0.1) is 59.9 Å². The van der Waals surface area contributed by atoms with E-state index in [1.54, 1.807) is 71.7 Å². The van der Waals surface area contributed by atoms with E-state index < -0.39 is 66.3 Å². The van der Waals surface area contributed by atoms with Gasteiger partial charge in [-0.15, -0.1) is 68.0 Å². The van der Waals surface area contributed by atoms with Gasteiger partial charge in [-0.3, -0.25) is 38.4 Å². The number of thiazole rings is 6. The Kier molecular flexibility index (Phi) is 20.6. The molecule has 0 spiro atoms. The predicted octanol–water partition coefficient (Wildman–Crippen LogP) is 8.55. The number of amides is 6. The minimum Gasteiger partial charge on any atom is -0.469 e. The summed E-state index contributed by atoms with van der Waals surface area (Å²) in [6.07, 6.45) is 1.64. The van der Waals surface area contributed by atoms with Gasteiger partial charge in [-0.05, 0) is 43.4 Å². The number of hydrogen-bond acceptors (Lipinski definition) is 24. The van der Waals surface area contributed by atoms with E-state index in [1.165, 1.54) is 73.5 Å². The normalized spacial score (nSPS) is 16.0. The molecule has 86 heavy (non-hydrogen) atoms. The van der Waals surface area contributed by atoms with Gasteiger partial charge in [0.15, 0.2) is 6.10 Å². The van der Waals surface area contributed by atoms with Crippen LogP contribution in [0.1, 0.15) is 139 Å². The lowest BCUT2D eigenvalue weighted by molar-refractivity contribution is -0.149. The Hall–Kier alpha value is -8.13. The van der Waals surface area contributed by atoms with Crippen LogP contribution in [0.5, 0.6) is 0 Å². The summed E-state index contributed by atoms with van der Waals surface area (Å²) in [5, 5.41) is 24.4. The molecule has 1 aliphatic rings. The summed E-state index contributed by atoms with van der Waals surface area (Å²) < 4.78 is 16.1. The van der Waals surface area contributed by atoms with Crippen molar-refractivity contribution in [3.8, 4) is 42.5 Å². The lowest BCUT2D eigenvalue weighted by Crippen LogP contribution is -2.41. The SMILES string of the molecule is CNC(=O)C[C@@H]1NC(=O)c2csc(n2)-c2ccc(-c3nc(NC(=O)CCCCC(=O)OC)cs3)nc2-c2cnc(s2)-c2csc(n2)[C@H]([C@@H](OC(C)=O)c2ccccc2)NC(=O)CNC(=O)c2nc(sc2COC)[C@H](C(C)C)NC(=O)c2nc1sc2C. The molecule has 24 nitrogen and oxygen atoms in total. The van der Waals surface area contributed by atoms with Crippen molar-refractivity contribution < 1.29 is 52.6 Å². The molecular formula is C56H57N13O11S6. The third kappa shape index (κ3) is 15.1. The average Bonchev–Trinajstić information content (AvgIpc) is 2.06. The molecule has 6 N–H and O–H groups in total. The number of aromatic nitrogens is 7. The molecule has 30 heteroatoms. The Bertz CT molecular complexity index is 3810. The van der Waals surface area contributed by atoms with Gasteiger partial charge in [0.25, 0.3) is 17.7 Å². The Morgan fingerprint density at radius 1 is 0.698 bits per heavy atom. The van der Waals surface area contributed by atoms with Crippen LogP contribution >= 0.6 is 68.0 Å². The molecular weight excluding hydrogens is 1220 g/mol. The molecule has 448 valence electrons. The van der Waals surface area contributed by atoms with Crippen LogP contribution in [0, 0.1) is 12.8 Å². The number of carbonyl (C=O) groups is 8. The maximum atomic E-state index is 14.3. The van der Waals surface area contributed by atoms with Crippen molar-refractivity contribution in [1.82, 2.24) is 61.5 Å². The second kappa shape index (κ2) is 28.4. The van der Waals surface area contributed by atoms with Crippen molar-refractivity contribution in [3.05, 3.63) is 112 Å². The fraction of sp³-hybridized carbons (Fsp3) is 0.339. The van der Waals surface area contributed by atoms with Crippen molar-refractivity contribution in [1.29, 1.82) is 0 Å². The molecule has 7 aromatic heterocycles.